The fourth-order valence-electron chi connectivity index (χ4n) is 1.63. The van der Waals surface area contributed by atoms with Crippen LogP contribution in [-0.4, -0.2) is 46.3 Å². The molecule has 0 fully saturated rings. The van der Waals surface area contributed by atoms with Crippen LogP contribution in [0.2, 0.25) is 5.02 Å². The number of rotatable bonds is 6. The van der Waals surface area contributed by atoms with Gasteiger partial charge in [0.2, 0.25) is 5.69 Å². The second-order valence-electron chi connectivity index (χ2n) is 4.56. The van der Waals surface area contributed by atoms with Crippen molar-refractivity contribution in [2.24, 2.45) is 10.7 Å². The number of primary amides is 1. The molecule has 26 heavy (non-hydrogen) atoms. The van der Waals surface area contributed by atoms with Crippen molar-refractivity contribution in [2.75, 3.05) is 13.2 Å². The molecule has 0 atom stereocenters. The number of ether oxygens (including phenoxy) is 1. The summed E-state index contributed by atoms with van der Waals surface area (Å²) < 4.78 is 22.9. The van der Waals surface area contributed by atoms with Gasteiger partial charge in [0.15, 0.2) is 5.84 Å². The number of halogens is 2. The van der Waals surface area contributed by atoms with Gasteiger partial charge in [-0.3, -0.25) is 20.3 Å². The third-order valence-electron chi connectivity index (χ3n) is 2.78. The first-order valence-electron chi connectivity index (χ1n) is 6.89. The summed E-state index contributed by atoms with van der Waals surface area (Å²) in [5.41, 5.74) is 6.67. The number of nitrogens with zero attached hydrogens (tertiary/aromatic N) is 3. The molecule has 1 heterocycles. The Kier molecular flexibility index (Phi) is 6.41. The summed E-state index contributed by atoms with van der Waals surface area (Å²) in [7, 11) is 0. The van der Waals surface area contributed by atoms with Crippen LogP contribution in [-0.2, 0) is 9.59 Å². The van der Waals surface area contributed by atoms with Crippen LogP contribution in [0.15, 0.2) is 27.8 Å². The molecule has 0 aliphatic heterocycles. The standard InChI is InChI=1S/C13H12ClFN6O5/c14-7-5-6(1-2-8(7)15)18-11(19-24)9-13(21-26-20-9)25-4-3-17-12(23)10(16)22/h1-2,5,24H,3-4H2,(H2,16,22)(H,17,23)(H,18,19). The number of nitrogens with one attached hydrogen (secondary N) is 2. The van der Waals surface area contributed by atoms with Gasteiger partial charge < -0.3 is 15.8 Å². The number of aliphatic imine (C=N–C) groups is 1. The average molecular weight is 387 g/mol. The first kappa shape index (κ1) is 19.1. The molecule has 0 aliphatic carbocycles. The van der Waals surface area contributed by atoms with Crippen molar-refractivity contribution in [3.05, 3.63) is 34.7 Å². The van der Waals surface area contributed by atoms with E-state index >= 15 is 0 Å². The molecular formula is C13H12ClFN6O5. The van der Waals surface area contributed by atoms with E-state index in [1.54, 1.807) is 5.48 Å². The minimum atomic E-state index is -1.13. The number of hydrogen-bond acceptors (Lipinski definition) is 8. The molecular weight excluding hydrogens is 375 g/mol. The van der Waals surface area contributed by atoms with Gasteiger partial charge in [0, 0.05) is 0 Å². The molecule has 0 unspecified atom stereocenters. The smallest absolute Gasteiger partial charge is 0.309 e. The largest absolute Gasteiger partial charge is 0.472 e. The number of amidine groups is 1. The van der Waals surface area contributed by atoms with Crippen molar-refractivity contribution in [1.82, 2.24) is 21.1 Å². The Labute approximate surface area is 149 Å². The van der Waals surface area contributed by atoms with E-state index in [4.69, 9.17) is 22.1 Å². The van der Waals surface area contributed by atoms with Crippen molar-refractivity contribution >= 4 is 34.9 Å². The molecule has 0 spiro atoms. The quantitative estimate of drug-likeness (QED) is 0.175. The average Bonchev–Trinajstić information content (AvgIpc) is 3.07. The van der Waals surface area contributed by atoms with E-state index in [0.717, 1.165) is 6.07 Å². The first-order valence-corrected chi connectivity index (χ1v) is 7.27. The fraction of sp³-hybridized carbons (Fsp3) is 0.154. The van der Waals surface area contributed by atoms with Gasteiger partial charge in [-0.1, -0.05) is 11.6 Å². The van der Waals surface area contributed by atoms with Crippen molar-refractivity contribution in [3.63, 3.8) is 0 Å². The number of amides is 2. The van der Waals surface area contributed by atoms with Gasteiger partial charge >= 0.3 is 11.8 Å². The molecule has 2 amide bonds. The van der Waals surface area contributed by atoms with Gasteiger partial charge in [0.25, 0.3) is 5.88 Å². The molecule has 2 rings (SSSR count). The maximum Gasteiger partial charge on any atom is 0.309 e. The van der Waals surface area contributed by atoms with Crippen molar-refractivity contribution < 1.29 is 28.6 Å². The highest BCUT2D eigenvalue weighted by molar-refractivity contribution is 6.34. The predicted molar refractivity (Wildman–Crippen MR) is 84.5 cm³/mol. The summed E-state index contributed by atoms with van der Waals surface area (Å²) in [6.07, 6.45) is 0. The molecule has 0 aliphatic rings. The van der Waals surface area contributed by atoms with Crippen LogP contribution in [0.4, 0.5) is 10.1 Å². The van der Waals surface area contributed by atoms with Crippen molar-refractivity contribution in [2.45, 2.75) is 0 Å². The third kappa shape index (κ3) is 4.87. The molecule has 11 nitrogen and oxygen atoms in total. The SMILES string of the molecule is NC(=O)C(=O)NCCOc1nonc1C(=Nc1ccc(F)c(Cl)c1)NO. The molecule has 0 saturated heterocycles. The van der Waals surface area contributed by atoms with E-state index in [1.807, 2.05) is 0 Å². The lowest BCUT2D eigenvalue weighted by atomic mass is 10.3. The van der Waals surface area contributed by atoms with Crippen LogP contribution in [0.3, 0.4) is 0 Å². The van der Waals surface area contributed by atoms with Gasteiger partial charge in [0.05, 0.1) is 17.3 Å². The number of carbonyl (C=O) groups excluding carboxylic acids is 2. The molecule has 138 valence electrons. The number of carbonyl (C=O) groups is 2. The molecule has 0 saturated carbocycles. The van der Waals surface area contributed by atoms with Crippen LogP contribution in [0.25, 0.3) is 0 Å². The third-order valence-corrected chi connectivity index (χ3v) is 3.07. The van der Waals surface area contributed by atoms with Gasteiger partial charge in [-0.25, -0.2) is 14.0 Å². The van der Waals surface area contributed by atoms with Gasteiger partial charge in [0.1, 0.15) is 12.4 Å². The monoisotopic (exact) mass is 386 g/mol. The minimum Gasteiger partial charge on any atom is -0.472 e. The molecule has 1 aromatic carbocycles. The first-order chi connectivity index (χ1) is 12.4. The zero-order valence-electron chi connectivity index (χ0n) is 12.9. The van der Waals surface area contributed by atoms with Crippen LogP contribution < -0.4 is 21.3 Å². The summed E-state index contributed by atoms with van der Waals surface area (Å²) in [5.74, 6) is -3.11. The van der Waals surface area contributed by atoms with E-state index in [2.05, 4.69) is 25.3 Å². The van der Waals surface area contributed by atoms with E-state index < -0.39 is 17.6 Å². The van der Waals surface area contributed by atoms with E-state index in [9.17, 15) is 19.2 Å². The Hall–Kier alpha value is -3.25. The summed E-state index contributed by atoms with van der Waals surface area (Å²) >= 11 is 5.66. The molecule has 0 bridgehead atoms. The lowest BCUT2D eigenvalue weighted by molar-refractivity contribution is -0.137. The van der Waals surface area contributed by atoms with Crippen LogP contribution in [0.1, 0.15) is 5.69 Å². The summed E-state index contributed by atoms with van der Waals surface area (Å²) in [4.78, 5) is 25.6. The zero-order valence-corrected chi connectivity index (χ0v) is 13.7. The topological polar surface area (TPSA) is 165 Å². The summed E-state index contributed by atoms with van der Waals surface area (Å²) in [6, 6.07) is 3.63. The van der Waals surface area contributed by atoms with E-state index in [-0.39, 0.29) is 41.3 Å². The number of nitrogens with two attached hydrogens (primary N) is 1. The van der Waals surface area contributed by atoms with Crippen molar-refractivity contribution in [1.29, 1.82) is 0 Å². The van der Waals surface area contributed by atoms with Gasteiger partial charge in [-0.2, -0.15) is 0 Å². The number of hydroxylamine groups is 1. The minimum absolute atomic E-state index is 0.0549. The van der Waals surface area contributed by atoms with E-state index in [0.29, 0.717) is 0 Å². The highest BCUT2D eigenvalue weighted by atomic mass is 35.5. The molecule has 13 heteroatoms. The summed E-state index contributed by atoms with van der Waals surface area (Å²) in [6.45, 7) is -0.165. The highest BCUT2D eigenvalue weighted by Crippen LogP contribution is 2.23. The van der Waals surface area contributed by atoms with Crippen LogP contribution >= 0.6 is 11.6 Å². The second-order valence-corrected chi connectivity index (χ2v) is 4.96. The predicted octanol–water partition coefficient (Wildman–Crippen LogP) is -0.100. The maximum absolute atomic E-state index is 13.2. The number of hydrogen-bond donors (Lipinski definition) is 4. The number of benzene rings is 1. The Morgan fingerprint density at radius 2 is 2.19 bits per heavy atom. The highest BCUT2D eigenvalue weighted by Gasteiger charge is 2.18. The second kappa shape index (κ2) is 8.73. The number of aromatic nitrogens is 2. The lowest BCUT2D eigenvalue weighted by Gasteiger charge is -2.06. The van der Waals surface area contributed by atoms with E-state index in [1.165, 1.54) is 12.1 Å². The van der Waals surface area contributed by atoms with Crippen LogP contribution in [0, 0.1) is 5.82 Å². The maximum atomic E-state index is 13.2. The van der Waals surface area contributed by atoms with Gasteiger partial charge in [-0.05, 0) is 28.5 Å². The zero-order chi connectivity index (χ0) is 19.1. The Morgan fingerprint density at radius 3 is 2.85 bits per heavy atom. The van der Waals surface area contributed by atoms with Gasteiger partial charge in [-0.15, -0.1) is 0 Å². The lowest BCUT2D eigenvalue weighted by Crippen LogP contribution is -2.38. The molecule has 2 aromatic rings. The summed E-state index contributed by atoms with van der Waals surface area (Å²) in [5, 5.41) is 18.3. The van der Waals surface area contributed by atoms with Crippen LogP contribution in [0.5, 0.6) is 5.88 Å². The molecule has 1 aromatic heterocycles. The Balaban J connectivity index is 2.08. The normalized spacial score (nSPS) is 11.1. The fourth-order valence-corrected chi connectivity index (χ4v) is 1.81. The molecule has 5 N–H and O–H groups in total. The Morgan fingerprint density at radius 1 is 1.42 bits per heavy atom. The molecule has 0 radical (unpaired) electrons. The Bertz CT molecular complexity index is 842. The van der Waals surface area contributed by atoms with Crippen molar-refractivity contribution in [3.8, 4) is 5.88 Å².